The zero-order valence-corrected chi connectivity index (χ0v) is 9.54. The van der Waals surface area contributed by atoms with Gasteiger partial charge < -0.3 is 15.2 Å². The average molecular weight is 224 g/mol. The molecule has 1 unspecified atom stereocenters. The molecule has 6 nitrogen and oxygen atoms in total. The van der Waals surface area contributed by atoms with Gasteiger partial charge in [0.1, 0.15) is 0 Å². The van der Waals surface area contributed by atoms with Crippen molar-refractivity contribution in [2.45, 2.75) is 31.7 Å². The lowest BCUT2D eigenvalue weighted by Gasteiger charge is -2.31. The molecule has 1 aromatic rings. The van der Waals surface area contributed by atoms with Crippen LogP contribution in [0.5, 0.6) is 0 Å². The van der Waals surface area contributed by atoms with Gasteiger partial charge in [0.2, 0.25) is 5.89 Å². The quantitative estimate of drug-likeness (QED) is 0.761. The molecular formula is C10H16N4O2. The third kappa shape index (κ3) is 1.92. The predicted octanol–water partition coefficient (Wildman–Crippen LogP) is 0.418. The maximum Gasteiger partial charge on any atom is 0.292 e. The molecule has 1 aromatic heterocycles. The number of amides is 1. The van der Waals surface area contributed by atoms with Crippen molar-refractivity contribution in [1.82, 2.24) is 20.8 Å². The summed E-state index contributed by atoms with van der Waals surface area (Å²) in [5.41, 5.74) is -0.294. The Kier molecular flexibility index (Phi) is 2.91. The smallest absolute Gasteiger partial charge is 0.292 e. The van der Waals surface area contributed by atoms with Crippen molar-refractivity contribution in [3.05, 3.63) is 11.7 Å². The second-order valence-electron chi connectivity index (χ2n) is 4.22. The van der Waals surface area contributed by atoms with Gasteiger partial charge in [-0.15, -0.1) is 0 Å². The molecule has 1 atom stereocenters. The highest BCUT2D eigenvalue weighted by Crippen LogP contribution is 2.28. The highest BCUT2D eigenvalue weighted by Gasteiger charge is 2.34. The number of carbonyl (C=O) groups is 1. The van der Waals surface area contributed by atoms with Crippen LogP contribution in [0, 0.1) is 0 Å². The Morgan fingerprint density at radius 2 is 2.38 bits per heavy atom. The number of rotatable bonds is 2. The van der Waals surface area contributed by atoms with Gasteiger partial charge in [-0.25, -0.2) is 0 Å². The van der Waals surface area contributed by atoms with Gasteiger partial charge >= 0.3 is 0 Å². The van der Waals surface area contributed by atoms with Crippen LogP contribution in [0.2, 0.25) is 0 Å². The Morgan fingerprint density at radius 1 is 1.56 bits per heavy atom. The van der Waals surface area contributed by atoms with E-state index < -0.39 is 0 Å². The third-order valence-corrected chi connectivity index (χ3v) is 2.95. The minimum atomic E-state index is -0.325. The summed E-state index contributed by atoms with van der Waals surface area (Å²) in [4.78, 5) is 15.4. The SMILES string of the molecule is CNC(=O)c1noc(C2(C)CCCCN2)n1. The van der Waals surface area contributed by atoms with Gasteiger partial charge in [-0.2, -0.15) is 4.98 Å². The molecule has 0 aromatic carbocycles. The third-order valence-electron chi connectivity index (χ3n) is 2.95. The van der Waals surface area contributed by atoms with Crippen molar-refractivity contribution < 1.29 is 9.32 Å². The van der Waals surface area contributed by atoms with E-state index in [2.05, 4.69) is 20.8 Å². The molecule has 0 aliphatic carbocycles. The number of carbonyl (C=O) groups excluding carboxylic acids is 1. The van der Waals surface area contributed by atoms with Crippen LogP contribution in [-0.2, 0) is 5.54 Å². The fraction of sp³-hybridized carbons (Fsp3) is 0.700. The average Bonchev–Trinajstić information content (AvgIpc) is 2.79. The first kappa shape index (κ1) is 11.1. The highest BCUT2D eigenvalue weighted by atomic mass is 16.5. The summed E-state index contributed by atoms with van der Waals surface area (Å²) in [6.45, 7) is 2.96. The lowest BCUT2D eigenvalue weighted by Crippen LogP contribution is -2.43. The minimum Gasteiger partial charge on any atom is -0.352 e. The molecule has 6 heteroatoms. The molecule has 0 radical (unpaired) electrons. The summed E-state index contributed by atoms with van der Waals surface area (Å²) >= 11 is 0. The van der Waals surface area contributed by atoms with Gasteiger partial charge in [0, 0.05) is 7.05 Å². The fourth-order valence-corrected chi connectivity index (χ4v) is 1.89. The number of hydrogen-bond donors (Lipinski definition) is 2. The van der Waals surface area contributed by atoms with Crippen LogP contribution in [0.4, 0.5) is 0 Å². The van der Waals surface area contributed by atoms with Gasteiger partial charge in [-0.3, -0.25) is 4.79 Å². The zero-order valence-electron chi connectivity index (χ0n) is 9.54. The summed E-state index contributed by atoms with van der Waals surface area (Å²) in [5.74, 6) is 0.256. The van der Waals surface area contributed by atoms with Crippen molar-refractivity contribution in [1.29, 1.82) is 0 Å². The van der Waals surface area contributed by atoms with Gasteiger partial charge in [0.05, 0.1) is 5.54 Å². The maximum absolute atomic E-state index is 11.3. The van der Waals surface area contributed by atoms with Gasteiger partial charge in [0.25, 0.3) is 11.7 Å². The molecular weight excluding hydrogens is 208 g/mol. The lowest BCUT2D eigenvalue weighted by atomic mass is 9.91. The van der Waals surface area contributed by atoms with Crippen molar-refractivity contribution in [2.24, 2.45) is 0 Å². The van der Waals surface area contributed by atoms with Crippen molar-refractivity contribution in [3.8, 4) is 0 Å². The Bertz CT molecular complexity index is 382. The van der Waals surface area contributed by atoms with Crippen LogP contribution in [0.1, 0.15) is 42.7 Å². The molecule has 0 saturated carbocycles. The fourth-order valence-electron chi connectivity index (χ4n) is 1.89. The van der Waals surface area contributed by atoms with E-state index in [-0.39, 0.29) is 17.3 Å². The second kappa shape index (κ2) is 4.21. The molecule has 1 saturated heterocycles. The standard InChI is InChI=1S/C10H16N4O2/c1-10(5-3-4-6-12-10)9-13-7(14-16-9)8(15)11-2/h12H,3-6H2,1-2H3,(H,11,15). The number of aromatic nitrogens is 2. The molecule has 88 valence electrons. The first-order valence-corrected chi connectivity index (χ1v) is 5.47. The summed E-state index contributed by atoms with van der Waals surface area (Å²) < 4.78 is 5.15. The van der Waals surface area contributed by atoms with Gasteiger partial charge in [0.15, 0.2) is 0 Å². The van der Waals surface area contributed by atoms with Crippen LogP contribution >= 0.6 is 0 Å². The summed E-state index contributed by atoms with van der Waals surface area (Å²) in [5, 5.41) is 9.49. The molecule has 1 fully saturated rings. The largest absolute Gasteiger partial charge is 0.352 e. The van der Waals surface area contributed by atoms with E-state index >= 15 is 0 Å². The van der Waals surface area contributed by atoms with Crippen LogP contribution in [0.25, 0.3) is 0 Å². The van der Waals surface area contributed by atoms with E-state index in [0.717, 1.165) is 25.8 Å². The van der Waals surface area contributed by atoms with Crippen molar-refractivity contribution in [2.75, 3.05) is 13.6 Å². The first-order valence-electron chi connectivity index (χ1n) is 5.47. The van der Waals surface area contributed by atoms with E-state index in [1.165, 1.54) is 0 Å². The van der Waals surface area contributed by atoms with Gasteiger partial charge in [-0.1, -0.05) is 5.16 Å². The lowest BCUT2D eigenvalue weighted by molar-refractivity contribution is 0.0949. The molecule has 1 aliphatic rings. The number of nitrogens with zero attached hydrogens (tertiary/aromatic N) is 2. The Hall–Kier alpha value is -1.43. The summed E-state index contributed by atoms with van der Waals surface area (Å²) in [6.07, 6.45) is 3.23. The Labute approximate surface area is 93.8 Å². The van der Waals surface area contributed by atoms with E-state index in [1.54, 1.807) is 7.05 Å². The van der Waals surface area contributed by atoms with E-state index in [9.17, 15) is 4.79 Å². The molecule has 0 spiro atoms. The highest BCUT2D eigenvalue weighted by molar-refractivity contribution is 5.89. The molecule has 0 bridgehead atoms. The first-order chi connectivity index (χ1) is 7.65. The number of hydrogen-bond acceptors (Lipinski definition) is 5. The maximum atomic E-state index is 11.3. The zero-order chi connectivity index (χ0) is 11.6. The van der Waals surface area contributed by atoms with E-state index in [0.29, 0.717) is 5.89 Å². The van der Waals surface area contributed by atoms with Crippen LogP contribution in [0.3, 0.4) is 0 Å². The Balaban J connectivity index is 2.20. The summed E-state index contributed by atoms with van der Waals surface area (Å²) in [7, 11) is 1.54. The van der Waals surface area contributed by atoms with Crippen molar-refractivity contribution in [3.63, 3.8) is 0 Å². The molecule has 1 amide bonds. The molecule has 2 heterocycles. The van der Waals surface area contributed by atoms with Crippen LogP contribution < -0.4 is 10.6 Å². The Morgan fingerprint density at radius 3 is 3.00 bits per heavy atom. The van der Waals surface area contributed by atoms with Crippen LogP contribution in [-0.4, -0.2) is 29.6 Å². The molecule has 1 aliphatic heterocycles. The molecule has 2 N–H and O–H groups in total. The summed E-state index contributed by atoms with van der Waals surface area (Å²) in [6, 6.07) is 0. The van der Waals surface area contributed by atoms with E-state index in [4.69, 9.17) is 4.52 Å². The van der Waals surface area contributed by atoms with Crippen LogP contribution in [0.15, 0.2) is 4.52 Å². The minimum absolute atomic E-state index is 0.0890. The second-order valence-corrected chi connectivity index (χ2v) is 4.22. The molecule has 2 rings (SSSR count). The monoisotopic (exact) mass is 224 g/mol. The van der Waals surface area contributed by atoms with E-state index in [1.807, 2.05) is 6.92 Å². The predicted molar refractivity (Wildman–Crippen MR) is 56.9 cm³/mol. The van der Waals surface area contributed by atoms with Gasteiger partial charge in [-0.05, 0) is 32.7 Å². The topological polar surface area (TPSA) is 80.0 Å². The van der Waals surface area contributed by atoms with Crippen molar-refractivity contribution >= 4 is 5.91 Å². The molecule has 16 heavy (non-hydrogen) atoms. The normalized spacial score (nSPS) is 25.4. The number of nitrogens with one attached hydrogen (secondary N) is 2. The number of piperidine rings is 1.